The number of carboxylic acid groups (broad SMARTS) is 1. The smallest absolute Gasteiger partial charge is 0.328 e. The Morgan fingerprint density at radius 1 is 1.53 bits per heavy atom. The summed E-state index contributed by atoms with van der Waals surface area (Å²) in [5.74, 6) is -0.985. The molecule has 0 fully saturated rings. The lowest BCUT2D eigenvalue weighted by atomic mass is 10.2. The molecule has 5 heteroatoms. The molecule has 0 saturated carbocycles. The lowest BCUT2D eigenvalue weighted by molar-refractivity contribution is -0.131. The molecule has 0 aliphatic rings. The third kappa shape index (κ3) is 2.17. The van der Waals surface area contributed by atoms with Crippen molar-refractivity contribution in [1.29, 1.82) is 0 Å². The van der Waals surface area contributed by atoms with E-state index in [2.05, 4.69) is 4.98 Å². The Morgan fingerprint density at radius 2 is 2.33 bits per heavy atom. The predicted octanol–water partition coefficient (Wildman–Crippen LogP) is 2.53. The highest BCUT2D eigenvalue weighted by Crippen LogP contribution is 2.21. The van der Waals surface area contributed by atoms with Crippen molar-refractivity contribution in [2.75, 3.05) is 0 Å². The van der Waals surface area contributed by atoms with Crippen molar-refractivity contribution in [3.05, 3.63) is 33.7 Å². The Hall–Kier alpha value is -1.37. The summed E-state index contributed by atoms with van der Waals surface area (Å²) in [6.45, 7) is 0. The molecule has 2 aromatic rings. The van der Waals surface area contributed by atoms with Crippen LogP contribution in [0.3, 0.4) is 0 Å². The number of para-hydroxylation sites is 1. The van der Waals surface area contributed by atoms with Gasteiger partial charge in [-0.05, 0) is 12.1 Å². The normalized spacial score (nSPS) is 11.3. The van der Waals surface area contributed by atoms with Crippen LogP contribution >= 0.6 is 22.6 Å². The minimum absolute atomic E-state index is 0.541. The number of aliphatic carboxylic acids is 1. The summed E-state index contributed by atoms with van der Waals surface area (Å²) in [4.78, 5) is 14.5. The van der Waals surface area contributed by atoms with Crippen molar-refractivity contribution in [3.8, 4) is 0 Å². The fourth-order valence-electron chi connectivity index (χ4n) is 1.24. The molecule has 0 aliphatic heterocycles. The molecule has 15 heavy (non-hydrogen) atoms. The SMILES string of the molecule is O=C(O)/C=C/c1cccc2nc(I)oc12. The summed E-state index contributed by atoms with van der Waals surface area (Å²) in [6.07, 6.45) is 2.57. The lowest BCUT2D eigenvalue weighted by Crippen LogP contribution is -1.85. The second-order valence-corrected chi connectivity index (χ2v) is 3.76. The standard InChI is InChI=1S/C10H6INO3/c11-10-12-7-3-1-2-6(9(7)15-10)4-5-8(13)14/h1-5H,(H,13,14)/b5-4+. The van der Waals surface area contributed by atoms with Crippen LogP contribution in [0, 0.1) is 3.90 Å². The fraction of sp³-hybridized carbons (Fsp3) is 0. The number of carbonyl (C=O) groups is 1. The van der Waals surface area contributed by atoms with E-state index in [1.54, 1.807) is 6.07 Å². The van der Waals surface area contributed by atoms with Crippen LogP contribution in [0.4, 0.5) is 0 Å². The van der Waals surface area contributed by atoms with E-state index in [4.69, 9.17) is 9.52 Å². The second-order valence-electron chi connectivity index (χ2n) is 2.83. The van der Waals surface area contributed by atoms with Gasteiger partial charge in [-0.3, -0.25) is 0 Å². The Labute approximate surface area is 98.7 Å². The molecule has 2 rings (SSSR count). The largest absolute Gasteiger partial charge is 0.478 e. The highest BCUT2D eigenvalue weighted by Gasteiger charge is 2.05. The van der Waals surface area contributed by atoms with Crippen LogP contribution < -0.4 is 0 Å². The molecule has 0 amide bonds. The average Bonchev–Trinajstić information content (AvgIpc) is 2.55. The fourth-order valence-corrected chi connectivity index (χ4v) is 1.72. The first-order valence-corrected chi connectivity index (χ1v) is 5.21. The van der Waals surface area contributed by atoms with Gasteiger partial charge in [0, 0.05) is 34.2 Å². The second kappa shape index (κ2) is 4.01. The van der Waals surface area contributed by atoms with Gasteiger partial charge in [-0.1, -0.05) is 12.1 Å². The Balaban J connectivity index is 2.55. The first kappa shape index (κ1) is 10.2. The molecule has 0 atom stereocenters. The first-order valence-electron chi connectivity index (χ1n) is 4.13. The molecule has 1 heterocycles. The maximum Gasteiger partial charge on any atom is 0.328 e. The van der Waals surface area contributed by atoms with Crippen molar-refractivity contribution in [2.24, 2.45) is 0 Å². The van der Waals surface area contributed by atoms with Crippen LogP contribution in [-0.4, -0.2) is 16.1 Å². The third-order valence-electron chi connectivity index (χ3n) is 1.82. The van der Waals surface area contributed by atoms with E-state index in [9.17, 15) is 4.79 Å². The predicted molar refractivity (Wildman–Crippen MR) is 63.4 cm³/mol. The number of oxazole rings is 1. The molecule has 1 aromatic heterocycles. The molecule has 0 unspecified atom stereocenters. The summed E-state index contributed by atoms with van der Waals surface area (Å²) < 4.78 is 5.90. The molecule has 0 aliphatic carbocycles. The summed E-state index contributed by atoms with van der Waals surface area (Å²) in [5.41, 5.74) is 2.05. The Morgan fingerprint density at radius 3 is 3.07 bits per heavy atom. The van der Waals surface area contributed by atoms with Gasteiger partial charge in [-0.25, -0.2) is 9.78 Å². The lowest BCUT2D eigenvalue weighted by Gasteiger charge is -1.92. The molecule has 4 nitrogen and oxygen atoms in total. The quantitative estimate of drug-likeness (QED) is 0.683. The van der Waals surface area contributed by atoms with Gasteiger partial charge in [0.2, 0.25) is 0 Å². The summed E-state index contributed by atoms with van der Waals surface area (Å²) in [7, 11) is 0. The number of halogens is 1. The number of carboxylic acids is 1. The van der Waals surface area contributed by atoms with Crippen LogP contribution in [0.25, 0.3) is 17.2 Å². The van der Waals surface area contributed by atoms with E-state index < -0.39 is 5.97 Å². The van der Waals surface area contributed by atoms with Gasteiger partial charge in [0.05, 0.1) is 0 Å². The molecule has 0 spiro atoms. The maximum absolute atomic E-state index is 10.4. The van der Waals surface area contributed by atoms with Crippen LogP contribution in [0.2, 0.25) is 0 Å². The van der Waals surface area contributed by atoms with E-state index in [0.29, 0.717) is 15.0 Å². The Kier molecular flexibility index (Phi) is 2.72. The van der Waals surface area contributed by atoms with E-state index in [0.717, 1.165) is 11.6 Å². The number of rotatable bonds is 2. The van der Waals surface area contributed by atoms with Gasteiger partial charge < -0.3 is 9.52 Å². The number of nitrogens with zero attached hydrogens (tertiary/aromatic N) is 1. The van der Waals surface area contributed by atoms with Crippen LogP contribution in [-0.2, 0) is 4.79 Å². The highest BCUT2D eigenvalue weighted by atomic mass is 127. The van der Waals surface area contributed by atoms with Crippen molar-refractivity contribution in [1.82, 2.24) is 4.98 Å². The highest BCUT2D eigenvalue weighted by molar-refractivity contribution is 14.1. The summed E-state index contributed by atoms with van der Waals surface area (Å²) in [5, 5.41) is 8.52. The number of aromatic nitrogens is 1. The van der Waals surface area contributed by atoms with Crippen molar-refractivity contribution >= 4 is 45.7 Å². The number of hydrogen-bond donors (Lipinski definition) is 1. The minimum Gasteiger partial charge on any atom is -0.478 e. The van der Waals surface area contributed by atoms with Gasteiger partial charge in [-0.15, -0.1) is 0 Å². The zero-order valence-electron chi connectivity index (χ0n) is 7.48. The molecule has 0 saturated heterocycles. The van der Waals surface area contributed by atoms with Crippen LogP contribution in [0.15, 0.2) is 28.7 Å². The molecule has 1 N–H and O–H groups in total. The summed E-state index contributed by atoms with van der Waals surface area (Å²) in [6, 6.07) is 5.41. The topological polar surface area (TPSA) is 63.3 Å². The van der Waals surface area contributed by atoms with Gasteiger partial charge in [0.1, 0.15) is 5.52 Å². The number of fused-ring (bicyclic) bond motifs is 1. The van der Waals surface area contributed by atoms with Crippen molar-refractivity contribution in [3.63, 3.8) is 0 Å². The molecule has 1 aromatic carbocycles. The minimum atomic E-state index is -0.985. The van der Waals surface area contributed by atoms with Gasteiger partial charge in [0.15, 0.2) is 5.58 Å². The van der Waals surface area contributed by atoms with E-state index in [1.807, 2.05) is 34.7 Å². The van der Waals surface area contributed by atoms with E-state index in [-0.39, 0.29) is 0 Å². The third-order valence-corrected chi connectivity index (χ3v) is 2.29. The molecular formula is C10H6INO3. The summed E-state index contributed by atoms with van der Waals surface area (Å²) >= 11 is 1.97. The number of benzene rings is 1. The molecule has 0 bridgehead atoms. The molecule has 0 radical (unpaired) electrons. The maximum atomic E-state index is 10.4. The van der Waals surface area contributed by atoms with Crippen LogP contribution in [0.1, 0.15) is 5.56 Å². The first-order chi connectivity index (χ1) is 7.16. The number of hydrogen-bond acceptors (Lipinski definition) is 3. The monoisotopic (exact) mass is 315 g/mol. The Bertz CT molecular complexity index is 545. The molecular weight excluding hydrogens is 309 g/mol. The van der Waals surface area contributed by atoms with Crippen molar-refractivity contribution < 1.29 is 14.3 Å². The average molecular weight is 315 g/mol. The molecule has 76 valence electrons. The van der Waals surface area contributed by atoms with Crippen molar-refractivity contribution in [2.45, 2.75) is 0 Å². The van der Waals surface area contributed by atoms with E-state index >= 15 is 0 Å². The van der Waals surface area contributed by atoms with Crippen LogP contribution in [0.5, 0.6) is 0 Å². The zero-order chi connectivity index (χ0) is 10.8. The van der Waals surface area contributed by atoms with Gasteiger partial charge >= 0.3 is 5.97 Å². The zero-order valence-corrected chi connectivity index (χ0v) is 9.63. The van der Waals surface area contributed by atoms with Gasteiger partial charge in [-0.2, -0.15) is 0 Å². The van der Waals surface area contributed by atoms with E-state index in [1.165, 1.54) is 6.08 Å². The van der Waals surface area contributed by atoms with Gasteiger partial charge in [0.25, 0.3) is 3.90 Å².